The Balaban J connectivity index is 1.92. The summed E-state index contributed by atoms with van der Waals surface area (Å²) in [7, 11) is 0. The molecular weight excluding hydrogens is 352 g/mol. The van der Waals surface area contributed by atoms with Crippen LogP contribution in [0.1, 0.15) is 13.8 Å². The van der Waals surface area contributed by atoms with E-state index in [1.807, 2.05) is 0 Å². The lowest BCUT2D eigenvalue weighted by Crippen LogP contribution is -2.37. The number of nitrogens with two attached hydrogens (primary N) is 1. The third kappa shape index (κ3) is 5.92. The highest BCUT2D eigenvalue weighted by molar-refractivity contribution is 6.00. The van der Waals surface area contributed by atoms with Gasteiger partial charge in [-0.2, -0.15) is 0 Å². The van der Waals surface area contributed by atoms with Crippen LogP contribution >= 0.6 is 0 Å². The molecule has 0 fully saturated rings. The van der Waals surface area contributed by atoms with Gasteiger partial charge in [-0.05, 0) is 62.4 Å². The van der Waals surface area contributed by atoms with Crippen LogP contribution in [0.5, 0.6) is 5.75 Å². The Morgan fingerprint density at radius 3 is 1.67 bits per heavy atom. The minimum Gasteiger partial charge on any atom is -0.478 e. The van der Waals surface area contributed by atoms with Crippen molar-refractivity contribution in [3.05, 3.63) is 48.5 Å². The Morgan fingerprint density at radius 1 is 0.852 bits per heavy atom. The van der Waals surface area contributed by atoms with Crippen LogP contribution in [0.25, 0.3) is 0 Å². The summed E-state index contributed by atoms with van der Waals surface area (Å²) in [5, 5.41) is 16.7. The number of rotatable bonds is 6. The molecule has 0 aliphatic heterocycles. The predicted molar refractivity (Wildman–Crippen MR) is 101 cm³/mol. The van der Waals surface area contributed by atoms with Crippen molar-refractivity contribution >= 4 is 35.1 Å². The van der Waals surface area contributed by atoms with Crippen LogP contribution in [0.2, 0.25) is 0 Å². The minimum absolute atomic E-state index is 0.367. The average molecular weight is 372 g/mol. The molecule has 0 heterocycles. The SMILES string of the molecule is CC(C)(Oc1ccc(NC(=O)Nc2ccc(NC(N)=O)cc2)cc1)C(=O)O. The summed E-state index contributed by atoms with van der Waals surface area (Å²) in [6.07, 6.45) is 0. The minimum atomic E-state index is -1.36. The van der Waals surface area contributed by atoms with Gasteiger partial charge >= 0.3 is 18.0 Å². The number of ether oxygens (including phenoxy) is 1. The van der Waals surface area contributed by atoms with Crippen LogP contribution in [-0.4, -0.2) is 28.7 Å². The second-order valence-corrected chi connectivity index (χ2v) is 6.09. The maximum atomic E-state index is 12.0. The van der Waals surface area contributed by atoms with E-state index in [2.05, 4.69) is 16.0 Å². The number of carbonyl (C=O) groups excluding carboxylic acids is 2. The van der Waals surface area contributed by atoms with Gasteiger partial charge in [-0.15, -0.1) is 0 Å². The number of urea groups is 2. The van der Waals surface area contributed by atoms with Crippen molar-refractivity contribution in [2.75, 3.05) is 16.0 Å². The normalized spacial score (nSPS) is 10.6. The molecule has 142 valence electrons. The second-order valence-electron chi connectivity index (χ2n) is 6.09. The van der Waals surface area contributed by atoms with Crippen molar-refractivity contribution in [1.82, 2.24) is 0 Å². The van der Waals surface area contributed by atoms with E-state index >= 15 is 0 Å². The number of hydrogen-bond donors (Lipinski definition) is 5. The van der Waals surface area contributed by atoms with Crippen LogP contribution in [0.4, 0.5) is 26.7 Å². The summed E-state index contributed by atoms with van der Waals surface area (Å²) < 4.78 is 5.39. The van der Waals surface area contributed by atoms with Crippen molar-refractivity contribution < 1.29 is 24.2 Å². The molecule has 9 heteroatoms. The fourth-order valence-electron chi connectivity index (χ4n) is 2.02. The fourth-order valence-corrected chi connectivity index (χ4v) is 2.02. The number of carboxylic acid groups (broad SMARTS) is 1. The van der Waals surface area contributed by atoms with Crippen molar-refractivity contribution in [3.8, 4) is 5.75 Å². The Morgan fingerprint density at radius 2 is 1.26 bits per heavy atom. The van der Waals surface area contributed by atoms with Gasteiger partial charge in [0.2, 0.25) is 0 Å². The standard InChI is InChI=1S/C18H20N4O5/c1-18(2,15(23)24)27-14-9-7-13(8-10-14)22-17(26)21-12-5-3-11(4-6-12)20-16(19)25/h3-10H,1-2H3,(H,23,24)(H3,19,20,25)(H2,21,22,26). The van der Waals surface area contributed by atoms with Gasteiger partial charge < -0.3 is 31.5 Å². The number of carboxylic acids is 1. The summed E-state index contributed by atoms with van der Waals surface area (Å²) in [6.45, 7) is 2.89. The lowest BCUT2D eigenvalue weighted by Gasteiger charge is -2.21. The van der Waals surface area contributed by atoms with Crippen molar-refractivity contribution in [3.63, 3.8) is 0 Å². The zero-order chi connectivity index (χ0) is 20.0. The van der Waals surface area contributed by atoms with Gasteiger partial charge in [0.1, 0.15) is 5.75 Å². The van der Waals surface area contributed by atoms with E-state index in [-0.39, 0.29) is 0 Å². The van der Waals surface area contributed by atoms with Crippen LogP contribution in [0.3, 0.4) is 0 Å². The molecule has 2 aromatic carbocycles. The molecule has 9 nitrogen and oxygen atoms in total. The quantitative estimate of drug-likeness (QED) is 0.529. The molecule has 0 aliphatic carbocycles. The Hall–Kier alpha value is -3.75. The van der Waals surface area contributed by atoms with E-state index in [1.54, 1.807) is 48.5 Å². The third-order valence-electron chi connectivity index (χ3n) is 3.41. The first-order valence-electron chi connectivity index (χ1n) is 7.93. The second kappa shape index (κ2) is 8.09. The van der Waals surface area contributed by atoms with Crippen LogP contribution in [0.15, 0.2) is 48.5 Å². The van der Waals surface area contributed by atoms with Gasteiger partial charge in [-0.25, -0.2) is 14.4 Å². The van der Waals surface area contributed by atoms with Crippen LogP contribution in [-0.2, 0) is 4.79 Å². The first-order chi connectivity index (χ1) is 12.7. The van der Waals surface area contributed by atoms with Gasteiger partial charge in [-0.3, -0.25) is 0 Å². The fraction of sp³-hybridized carbons (Fsp3) is 0.167. The molecule has 0 saturated carbocycles. The summed E-state index contributed by atoms with van der Waals surface area (Å²) in [5.41, 5.74) is 5.19. The number of aliphatic carboxylic acids is 1. The zero-order valence-electron chi connectivity index (χ0n) is 14.8. The van der Waals surface area contributed by atoms with Gasteiger partial charge in [0, 0.05) is 17.1 Å². The highest BCUT2D eigenvalue weighted by Gasteiger charge is 2.29. The molecular formula is C18H20N4O5. The molecule has 2 aromatic rings. The Labute approximate surface area is 155 Å². The van der Waals surface area contributed by atoms with Crippen molar-refractivity contribution in [2.45, 2.75) is 19.4 Å². The van der Waals surface area contributed by atoms with E-state index < -0.39 is 23.6 Å². The van der Waals surface area contributed by atoms with E-state index in [4.69, 9.17) is 15.6 Å². The highest BCUT2D eigenvalue weighted by atomic mass is 16.5. The molecule has 2 rings (SSSR count). The lowest BCUT2D eigenvalue weighted by atomic mass is 10.1. The molecule has 27 heavy (non-hydrogen) atoms. The van der Waals surface area contributed by atoms with Crippen LogP contribution < -0.4 is 26.4 Å². The van der Waals surface area contributed by atoms with Gasteiger partial charge in [0.25, 0.3) is 0 Å². The zero-order valence-corrected chi connectivity index (χ0v) is 14.8. The maximum absolute atomic E-state index is 12.0. The van der Waals surface area contributed by atoms with Gasteiger partial charge in [0.15, 0.2) is 5.60 Å². The van der Waals surface area contributed by atoms with Crippen molar-refractivity contribution in [1.29, 1.82) is 0 Å². The molecule has 0 spiro atoms. The molecule has 0 aromatic heterocycles. The number of hydrogen-bond acceptors (Lipinski definition) is 4. The number of carbonyl (C=O) groups is 3. The molecule has 0 atom stereocenters. The average Bonchev–Trinajstić information content (AvgIpc) is 2.57. The van der Waals surface area contributed by atoms with E-state index in [0.717, 1.165) is 0 Å². The third-order valence-corrected chi connectivity index (χ3v) is 3.41. The summed E-state index contributed by atoms with van der Waals surface area (Å²) in [6, 6.07) is 11.6. The lowest BCUT2D eigenvalue weighted by molar-refractivity contribution is -0.152. The molecule has 0 unspecified atom stereocenters. The predicted octanol–water partition coefficient (Wildman–Crippen LogP) is 3.06. The number of anilines is 3. The summed E-state index contributed by atoms with van der Waals surface area (Å²) in [4.78, 5) is 33.9. The first kappa shape index (κ1) is 19.6. The number of benzene rings is 2. The van der Waals surface area contributed by atoms with Crippen LogP contribution in [0, 0.1) is 0 Å². The number of nitrogens with one attached hydrogen (secondary N) is 3. The molecule has 0 aliphatic rings. The van der Waals surface area contributed by atoms with E-state index in [0.29, 0.717) is 22.8 Å². The Kier molecular flexibility index (Phi) is 5.86. The topological polar surface area (TPSA) is 143 Å². The van der Waals surface area contributed by atoms with Crippen molar-refractivity contribution in [2.24, 2.45) is 5.73 Å². The smallest absolute Gasteiger partial charge is 0.347 e. The largest absolute Gasteiger partial charge is 0.478 e. The molecule has 0 radical (unpaired) electrons. The Bertz CT molecular complexity index is 832. The highest BCUT2D eigenvalue weighted by Crippen LogP contribution is 2.21. The molecule has 0 saturated heterocycles. The van der Waals surface area contributed by atoms with Gasteiger partial charge in [0.05, 0.1) is 0 Å². The van der Waals surface area contributed by atoms with Gasteiger partial charge in [-0.1, -0.05) is 0 Å². The molecule has 4 amide bonds. The molecule has 0 bridgehead atoms. The maximum Gasteiger partial charge on any atom is 0.347 e. The van der Waals surface area contributed by atoms with E-state index in [9.17, 15) is 14.4 Å². The number of primary amides is 1. The molecule has 6 N–H and O–H groups in total. The first-order valence-corrected chi connectivity index (χ1v) is 7.93. The monoisotopic (exact) mass is 372 g/mol. The summed E-state index contributed by atoms with van der Waals surface area (Å²) in [5.74, 6) is -0.716. The van der Waals surface area contributed by atoms with E-state index in [1.165, 1.54) is 13.8 Å². The number of amides is 4. The summed E-state index contributed by atoms with van der Waals surface area (Å²) >= 11 is 0.